The number of rotatable bonds is 5. The van der Waals surface area contributed by atoms with E-state index in [2.05, 4.69) is 15.1 Å². The summed E-state index contributed by atoms with van der Waals surface area (Å²) in [7, 11) is 0. The van der Waals surface area contributed by atoms with E-state index >= 15 is 0 Å². The summed E-state index contributed by atoms with van der Waals surface area (Å²) in [5.41, 5.74) is 0.999. The summed E-state index contributed by atoms with van der Waals surface area (Å²) < 4.78 is 7.40. The van der Waals surface area contributed by atoms with E-state index in [0.29, 0.717) is 19.7 Å². The van der Waals surface area contributed by atoms with Crippen molar-refractivity contribution >= 4 is 5.91 Å². The number of amides is 1. The molecule has 0 spiro atoms. The summed E-state index contributed by atoms with van der Waals surface area (Å²) in [4.78, 5) is 22.2. The van der Waals surface area contributed by atoms with Gasteiger partial charge >= 0.3 is 0 Å². The number of morpholine rings is 1. The van der Waals surface area contributed by atoms with Crippen LogP contribution in [0.5, 0.6) is 0 Å². The van der Waals surface area contributed by atoms with Gasteiger partial charge in [-0.15, -0.1) is 0 Å². The van der Waals surface area contributed by atoms with Crippen LogP contribution in [-0.4, -0.2) is 56.4 Å². The molecule has 2 aromatic rings. The average molecular weight is 301 g/mol. The number of aryl methyl sites for hydroxylation is 1. The van der Waals surface area contributed by atoms with E-state index in [0.717, 1.165) is 18.5 Å². The Bertz CT molecular complexity index is 587. The van der Waals surface area contributed by atoms with E-state index in [4.69, 9.17) is 4.74 Å². The van der Waals surface area contributed by atoms with Crippen LogP contribution in [0.25, 0.3) is 0 Å². The molecule has 0 N–H and O–H groups in total. The van der Waals surface area contributed by atoms with Crippen molar-refractivity contribution in [1.82, 2.24) is 24.6 Å². The van der Waals surface area contributed by atoms with E-state index in [9.17, 15) is 4.79 Å². The molecule has 2 aromatic heterocycles. The largest absolute Gasteiger partial charge is 0.375 e. The molecule has 1 atom stereocenters. The molecule has 3 rings (SSSR count). The molecule has 1 saturated heterocycles. The lowest BCUT2D eigenvalue weighted by Gasteiger charge is -2.33. The number of hydrogen-bond donors (Lipinski definition) is 0. The van der Waals surface area contributed by atoms with Crippen LogP contribution in [0.4, 0.5) is 0 Å². The molecule has 0 radical (unpaired) electrons. The molecule has 1 amide bonds. The van der Waals surface area contributed by atoms with Crippen LogP contribution in [0.1, 0.15) is 12.1 Å². The summed E-state index contributed by atoms with van der Waals surface area (Å²) >= 11 is 0. The summed E-state index contributed by atoms with van der Waals surface area (Å²) in [6.07, 6.45) is 8.50. The molecule has 0 aromatic carbocycles. The predicted molar refractivity (Wildman–Crippen MR) is 78.9 cm³/mol. The quantitative estimate of drug-likeness (QED) is 0.805. The molecule has 7 nitrogen and oxygen atoms in total. The molecule has 7 heteroatoms. The first-order valence-corrected chi connectivity index (χ1v) is 7.43. The Morgan fingerprint density at radius 2 is 2.36 bits per heavy atom. The lowest BCUT2D eigenvalue weighted by atomic mass is 10.1. The van der Waals surface area contributed by atoms with E-state index < -0.39 is 0 Å². The third-order valence-electron chi connectivity index (χ3n) is 3.71. The SMILES string of the molecule is O=C(Cn1cccn1)N1CCOC(CCc2ccncn2)C1. The molecule has 1 unspecified atom stereocenters. The predicted octanol–water partition coefficient (Wildman–Crippen LogP) is 0.533. The maximum Gasteiger partial charge on any atom is 0.244 e. The zero-order chi connectivity index (χ0) is 15.2. The average Bonchev–Trinajstić information content (AvgIpc) is 3.07. The lowest BCUT2D eigenvalue weighted by molar-refractivity contribution is -0.139. The Kier molecular flexibility index (Phi) is 4.75. The molecule has 1 aliphatic heterocycles. The maximum atomic E-state index is 12.3. The van der Waals surface area contributed by atoms with Gasteiger partial charge in [0.15, 0.2) is 0 Å². The minimum Gasteiger partial charge on any atom is -0.375 e. The Balaban J connectivity index is 1.49. The fraction of sp³-hybridized carbons (Fsp3) is 0.467. The van der Waals surface area contributed by atoms with Crippen LogP contribution in [-0.2, 0) is 22.5 Å². The lowest BCUT2D eigenvalue weighted by Crippen LogP contribution is -2.46. The number of carbonyl (C=O) groups is 1. The van der Waals surface area contributed by atoms with Crippen LogP contribution in [0.2, 0.25) is 0 Å². The first kappa shape index (κ1) is 14.6. The number of hydrogen-bond acceptors (Lipinski definition) is 5. The third kappa shape index (κ3) is 3.88. The second-order valence-electron chi connectivity index (χ2n) is 5.28. The minimum atomic E-state index is 0.0605. The normalized spacial score (nSPS) is 18.4. The standard InChI is InChI=1S/C15H19N5O2/c21-15(11-20-7-1-5-18-20)19-8-9-22-14(10-19)3-2-13-4-6-16-12-17-13/h1,4-7,12,14H,2-3,8-11H2. The third-order valence-corrected chi connectivity index (χ3v) is 3.71. The summed E-state index contributed by atoms with van der Waals surface area (Å²) in [6.45, 7) is 2.14. The number of nitrogens with zero attached hydrogens (tertiary/aromatic N) is 5. The van der Waals surface area contributed by atoms with Crippen molar-refractivity contribution in [3.63, 3.8) is 0 Å². The molecule has 0 bridgehead atoms. The van der Waals surface area contributed by atoms with Gasteiger partial charge in [0, 0.05) is 37.4 Å². The van der Waals surface area contributed by atoms with Crippen LogP contribution in [0.3, 0.4) is 0 Å². The van der Waals surface area contributed by atoms with Crippen molar-refractivity contribution in [1.29, 1.82) is 0 Å². The highest BCUT2D eigenvalue weighted by molar-refractivity contribution is 5.76. The zero-order valence-electron chi connectivity index (χ0n) is 12.3. The van der Waals surface area contributed by atoms with Crippen LogP contribution in [0, 0.1) is 0 Å². The number of carbonyl (C=O) groups excluding carboxylic acids is 1. The molecule has 3 heterocycles. The van der Waals surface area contributed by atoms with Gasteiger partial charge in [0.05, 0.1) is 12.7 Å². The Morgan fingerprint density at radius 3 is 3.14 bits per heavy atom. The number of aromatic nitrogens is 4. The molecular formula is C15H19N5O2. The highest BCUT2D eigenvalue weighted by Gasteiger charge is 2.24. The fourth-order valence-electron chi connectivity index (χ4n) is 2.53. The smallest absolute Gasteiger partial charge is 0.244 e. The molecule has 0 saturated carbocycles. The van der Waals surface area contributed by atoms with E-state index in [1.807, 2.05) is 17.0 Å². The van der Waals surface area contributed by atoms with Gasteiger partial charge in [0.2, 0.25) is 5.91 Å². The highest BCUT2D eigenvalue weighted by Crippen LogP contribution is 2.12. The molecule has 116 valence electrons. The van der Waals surface area contributed by atoms with Crippen molar-refractivity contribution in [3.8, 4) is 0 Å². The van der Waals surface area contributed by atoms with Crippen molar-refractivity contribution in [2.24, 2.45) is 0 Å². The summed E-state index contributed by atoms with van der Waals surface area (Å²) in [6, 6.07) is 3.72. The van der Waals surface area contributed by atoms with Crippen molar-refractivity contribution in [3.05, 3.63) is 42.7 Å². The van der Waals surface area contributed by atoms with E-state index in [1.54, 1.807) is 29.6 Å². The number of ether oxygens (including phenoxy) is 1. The van der Waals surface area contributed by atoms with Crippen molar-refractivity contribution in [2.75, 3.05) is 19.7 Å². The molecule has 1 fully saturated rings. The summed E-state index contributed by atoms with van der Waals surface area (Å²) in [5, 5.41) is 4.07. The van der Waals surface area contributed by atoms with E-state index in [-0.39, 0.29) is 18.6 Å². The van der Waals surface area contributed by atoms with Crippen LogP contribution >= 0.6 is 0 Å². The van der Waals surface area contributed by atoms with Crippen LogP contribution < -0.4 is 0 Å². The topological polar surface area (TPSA) is 73.1 Å². The summed E-state index contributed by atoms with van der Waals surface area (Å²) in [5.74, 6) is 0.0824. The van der Waals surface area contributed by atoms with Gasteiger partial charge in [-0.05, 0) is 25.0 Å². The molecule has 0 aliphatic carbocycles. The van der Waals surface area contributed by atoms with Crippen molar-refractivity contribution in [2.45, 2.75) is 25.5 Å². The fourth-order valence-corrected chi connectivity index (χ4v) is 2.53. The van der Waals surface area contributed by atoms with Gasteiger partial charge in [-0.25, -0.2) is 9.97 Å². The van der Waals surface area contributed by atoms with Crippen LogP contribution in [0.15, 0.2) is 37.1 Å². The second kappa shape index (κ2) is 7.13. The molecule has 22 heavy (non-hydrogen) atoms. The monoisotopic (exact) mass is 301 g/mol. The Hall–Kier alpha value is -2.28. The zero-order valence-corrected chi connectivity index (χ0v) is 12.3. The van der Waals surface area contributed by atoms with Gasteiger partial charge in [-0.2, -0.15) is 5.10 Å². The first-order chi connectivity index (χ1) is 10.8. The Labute approximate surface area is 128 Å². The maximum absolute atomic E-state index is 12.3. The second-order valence-corrected chi connectivity index (χ2v) is 5.28. The molecular weight excluding hydrogens is 282 g/mol. The van der Waals surface area contributed by atoms with Crippen molar-refractivity contribution < 1.29 is 9.53 Å². The van der Waals surface area contributed by atoms with Gasteiger partial charge in [0.25, 0.3) is 0 Å². The van der Waals surface area contributed by atoms with Gasteiger partial charge in [0.1, 0.15) is 12.9 Å². The van der Waals surface area contributed by atoms with Gasteiger partial charge in [-0.1, -0.05) is 0 Å². The van der Waals surface area contributed by atoms with E-state index in [1.165, 1.54) is 0 Å². The Morgan fingerprint density at radius 1 is 1.41 bits per heavy atom. The highest BCUT2D eigenvalue weighted by atomic mass is 16.5. The first-order valence-electron chi connectivity index (χ1n) is 7.43. The molecule has 1 aliphatic rings. The van der Waals surface area contributed by atoms with Gasteiger partial charge < -0.3 is 9.64 Å². The minimum absolute atomic E-state index is 0.0605. The van der Waals surface area contributed by atoms with Gasteiger partial charge in [-0.3, -0.25) is 9.48 Å².